The van der Waals surface area contributed by atoms with E-state index in [0.29, 0.717) is 0 Å². The van der Waals surface area contributed by atoms with Crippen LogP contribution in [0.5, 0.6) is 0 Å². The summed E-state index contributed by atoms with van der Waals surface area (Å²) < 4.78 is 0. The van der Waals surface area contributed by atoms with Crippen LogP contribution >= 0.6 is 0 Å². The van der Waals surface area contributed by atoms with E-state index in [1.165, 1.54) is 12.8 Å². The van der Waals surface area contributed by atoms with Crippen LogP contribution in [0.25, 0.3) is 0 Å². The molecule has 0 heterocycles. The molecule has 46 valence electrons. The van der Waals surface area contributed by atoms with Gasteiger partial charge >= 0.3 is 0 Å². The van der Waals surface area contributed by atoms with Crippen LogP contribution in [0.4, 0.5) is 0 Å². The van der Waals surface area contributed by atoms with Crippen molar-refractivity contribution in [3.8, 4) is 0 Å². The molecule has 0 nitrogen and oxygen atoms in total. The highest BCUT2D eigenvalue weighted by molar-refractivity contribution is 5.38. The Kier molecular flexibility index (Phi) is 1.41. The molecule has 0 saturated carbocycles. The van der Waals surface area contributed by atoms with Crippen LogP contribution in [-0.2, 0) is 0 Å². The van der Waals surface area contributed by atoms with Gasteiger partial charge in [0, 0.05) is 5.92 Å². The normalized spacial score (nSPS) is 26.6. The number of hydrogen-bond acceptors (Lipinski definition) is 0. The average molecular weight is 110 g/mol. The maximum atomic E-state index is 2.26. The Balaban J connectivity index is 2.36. The third-order valence-electron chi connectivity index (χ3n) is 2.16. The molecular formula is C8H14. The number of hydrogen-bond donors (Lipinski definition) is 0. The highest BCUT2D eigenvalue weighted by atomic mass is 14.3. The molecule has 0 aromatic rings. The largest absolute Gasteiger partial charge is 0.0664 e. The Morgan fingerprint density at radius 3 is 2.12 bits per heavy atom. The van der Waals surface area contributed by atoms with Crippen molar-refractivity contribution < 1.29 is 0 Å². The van der Waals surface area contributed by atoms with E-state index in [9.17, 15) is 0 Å². The van der Waals surface area contributed by atoms with E-state index < -0.39 is 0 Å². The quantitative estimate of drug-likeness (QED) is 0.479. The first-order valence-corrected chi connectivity index (χ1v) is 3.50. The van der Waals surface area contributed by atoms with E-state index in [1.54, 1.807) is 11.1 Å². The molecular weight excluding hydrogens is 96.1 g/mol. The Hall–Kier alpha value is -0.260. The fraction of sp³-hybridized carbons (Fsp3) is 0.750. The molecule has 0 aromatic carbocycles. The molecule has 0 aliphatic heterocycles. The second kappa shape index (κ2) is 1.93. The van der Waals surface area contributed by atoms with Crippen molar-refractivity contribution in [3.05, 3.63) is 11.1 Å². The van der Waals surface area contributed by atoms with Crippen LogP contribution in [-0.4, -0.2) is 0 Å². The van der Waals surface area contributed by atoms with Crippen molar-refractivity contribution in [1.82, 2.24) is 0 Å². The molecule has 1 unspecified atom stereocenters. The molecule has 8 heavy (non-hydrogen) atoms. The van der Waals surface area contributed by atoms with Gasteiger partial charge in [0.1, 0.15) is 0 Å². The summed E-state index contributed by atoms with van der Waals surface area (Å²) in [6.07, 6.45) is 2.61. The molecule has 1 aliphatic rings. The van der Waals surface area contributed by atoms with Gasteiger partial charge in [0.15, 0.2) is 0 Å². The van der Waals surface area contributed by atoms with Crippen molar-refractivity contribution >= 4 is 0 Å². The predicted octanol–water partition coefficient (Wildman–Crippen LogP) is 2.75. The summed E-state index contributed by atoms with van der Waals surface area (Å²) in [5, 5.41) is 0. The Bertz CT molecular complexity index is 120. The summed E-state index contributed by atoms with van der Waals surface area (Å²) >= 11 is 0. The lowest BCUT2D eigenvalue weighted by Gasteiger charge is -1.87. The van der Waals surface area contributed by atoms with Crippen LogP contribution in [0.15, 0.2) is 11.1 Å². The SMILES string of the molecule is CCC1=C(C)C1CC. The maximum Gasteiger partial charge on any atom is 0.000712 e. The smallest absolute Gasteiger partial charge is 0.000712 e. The highest BCUT2D eigenvalue weighted by Gasteiger charge is 2.28. The van der Waals surface area contributed by atoms with Crippen molar-refractivity contribution in [2.45, 2.75) is 33.6 Å². The van der Waals surface area contributed by atoms with E-state index in [1.807, 2.05) is 0 Å². The van der Waals surface area contributed by atoms with Crippen molar-refractivity contribution in [3.63, 3.8) is 0 Å². The standard InChI is InChI=1S/C8H14/c1-4-7-6(3)8(7)5-2/h7H,4-5H2,1-3H3. The van der Waals surface area contributed by atoms with E-state index in [4.69, 9.17) is 0 Å². The molecule has 0 bridgehead atoms. The summed E-state index contributed by atoms with van der Waals surface area (Å²) in [6, 6.07) is 0. The van der Waals surface area contributed by atoms with Gasteiger partial charge in [-0.05, 0) is 19.8 Å². The first-order valence-electron chi connectivity index (χ1n) is 3.50. The second-order valence-corrected chi connectivity index (χ2v) is 2.52. The summed E-state index contributed by atoms with van der Waals surface area (Å²) in [6.45, 7) is 6.76. The lowest BCUT2D eigenvalue weighted by molar-refractivity contribution is 0.795. The molecule has 0 N–H and O–H groups in total. The molecule has 1 rings (SSSR count). The summed E-state index contributed by atoms with van der Waals surface area (Å²) in [4.78, 5) is 0. The Morgan fingerprint density at radius 2 is 2.00 bits per heavy atom. The fourth-order valence-electron chi connectivity index (χ4n) is 1.54. The van der Waals surface area contributed by atoms with Gasteiger partial charge in [-0.3, -0.25) is 0 Å². The van der Waals surface area contributed by atoms with Crippen LogP contribution in [0.1, 0.15) is 33.6 Å². The Morgan fingerprint density at radius 1 is 1.38 bits per heavy atom. The number of rotatable bonds is 2. The average Bonchev–Trinajstić information content (AvgIpc) is 2.40. The second-order valence-electron chi connectivity index (χ2n) is 2.52. The number of allylic oxidation sites excluding steroid dienone is 2. The first kappa shape index (κ1) is 5.87. The molecule has 1 atom stereocenters. The molecule has 0 fully saturated rings. The topological polar surface area (TPSA) is 0 Å². The van der Waals surface area contributed by atoms with Crippen LogP contribution in [0.3, 0.4) is 0 Å². The third kappa shape index (κ3) is 0.683. The lowest BCUT2D eigenvalue weighted by Crippen LogP contribution is -1.75. The van der Waals surface area contributed by atoms with Crippen LogP contribution in [0, 0.1) is 5.92 Å². The monoisotopic (exact) mass is 110 g/mol. The van der Waals surface area contributed by atoms with Crippen molar-refractivity contribution in [1.29, 1.82) is 0 Å². The minimum atomic E-state index is 0.917. The van der Waals surface area contributed by atoms with E-state index in [0.717, 1.165) is 5.92 Å². The molecule has 0 amide bonds. The van der Waals surface area contributed by atoms with Gasteiger partial charge in [-0.25, -0.2) is 0 Å². The Labute approximate surface area is 51.6 Å². The molecule has 1 aliphatic carbocycles. The highest BCUT2D eigenvalue weighted by Crippen LogP contribution is 2.42. The predicted molar refractivity (Wildman–Crippen MR) is 36.8 cm³/mol. The molecule has 0 saturated heterocycles. The van der Waals surface area contributed by atoms with Gasteiger partial charge in [-0.15, -0.1) is 0 Å². The van der Waals surface area contributed by atoms with Gasteiger partial charge in [0.2, 0.25) is 0 Å². The van der Waals surface area contributed by atoms with Gasteiger partial charge in [-0.2, -0.15) is 0 Å². The van der Waals surface area contributed by atoms with Gasteiger partial charge in [0.05, 0.1) is 0 Å². The van der Waals surface area contributed by atoms with Gasteiger partial charge < -0.3 is 0 Å². The summed E-state index contributed by atoms with van der Waals surface area (Å²) in [7, 11) is 0. The third-order valence-corrected chi connectivity index (χ3v) is 2.16. The van der Waals surface area contributed by atoms with Crippen LogP contribution < -0.4 is 0 Å². The summed E-state index contributed by atoms with van der Waals surface area (Å²) in [5.74, 6) is 0.917. The van der Waals surface area contributed by atoms with Gasteiger partial charge in [0.25, 0.3) is 0 Å². The molecule has 0 spiro atoms. The lowest BCUT2D eigenvalue weighted by atomic mass is 10.2. The summed E-state index contributed by atoms with van der Waals surface area (Å²) in [5.41, 5.74) is 3.38. The maximum absolute atomic E-state index is 2.26. The van der Waals surface area contributed by atoms with E-state index in [-0.39, 0.29) is 0 Å². The van der Waals surface area contributed by atoms with E-state index in [2.05, 4.69) is 20.8 Å². The van der Waals surface area contributed by atoms with Crippen LogP contribution in [0.2, 0.25) is 0 Å². The minimum absolute atomic E-state index is 0.917. The van der Waals surface area contributed by atoms with Gasteiger partial charge in [-0.1, -0.05) is 25.0 Å². The molecule has 0 radical (unpaired) electrons. The first-order chi connectivity index (χ1) is 3.81. The van der Waals surface area contributed by atoms with Crippen molar-refractivity contribution in [2.75, 3.05) is 0 Å². The zero-order chi connectivity index (χ0) is 6.15. The van der Waals surface area contributed by atoms with Crippen molar-refractivity contribution in [2.24, 2.45) is 5.92 Å². The fourth-order valence-corrected chi connectivity index (χ4v) is 1.54. The van der Waals surface area contributed by atoms with E-state index >= 15 is 0 Å². The zero-order valence-corrected chi connectivity index (χ0v) is 5.99. The zero-order valence-electron chi connectivity index (χ0n) is 5.99. The molecule has 0 heteroatoms. The minimum Gasteiger partial charge on any atom is -0.0664 e. The molecule has 0 aromatic heterocycles.